The van der Waals surface area contributed by atoms with Crippen LogP contribution in [0.2, 0.25) is 0 Å². The lowest BCUT2D eigenvalue weighted by Crippen LogP contribution is -2.34. The summed E-state index contributed by atoms with van der Waals surface area (Å²) in [7, 11) is 3.06. The largest absolute Gasteiger partial charge is 0.497 e. The Hall–Kier alpha value is -4.18. The lowest BCUT2D eigenvalue weighted by atomic mass is 10.2. The predicted octanol–water partition coefficient (Wildman–Crippen LogP) is 4.18. The van der Waals surface area contributed by atoms with Gasteiger partial charge in [0.15, 0.2) is 0 Å². The minimum atomic E-state index is -0.438. The molecule has 9 nitrogen and oxygen atoms in total. The van der Waals surface area contributed by atoms with E-state index in [2.05, 4.69) is 20.7 Å². The van der Waals surface area contributed by atoms with Crippen molar-refractivity contribution in [1.29, 1.82) is 0 Å². The number of carbonyl (C=O) groups excluding carboxylic acids is 1. The summed E-state index contributed by atoms with van der Waals surface area (Å²) in [5.74, 6) is 1.09. The molecule has 0 atom stereocenters. The van der Waals surface area contributed by atoms with Crippen molar-refractivity contribution < 1.29 is 14.3 Å². The summed E-state index contributed by atoms with van der Waals surface area (Å²) < 4.78 is 11.8. The topological polar surface area (TPSA) is 107 Å². The number of amides is 2. The van der Waals surface area contributed by atoms with Gasteiger partial charge in [-0.25, -0.2) is 14.5 Å². The van der Waals surface area contributed by atoms with Gasteiger partial charge in [0.25, 0.3) is 5.56 Å². The molecular weight excluding hydrogens is 466 g/mol. The number of aryl methyl sites for hydroxylation is 1. The molecule has 180 valence electrons. The second-order valence-electron chi connectivity index (χ2n) is 7.53. The highest BCUT2D eigenvalue weighted by molar-refractivity contribution is 7.18. The summed E-state index contributed by atoms with van der Waals surface area (Å²) in [6.45, 7) is 2.33. The number of rotatable bonds is 8. The molecule has 0 bridgehead atoms. The zero-order valence-corrected chi connectivity index (χ0v) is 20.4. The first-order valence-electron chi connectivity index (χ1n) is 10.9. The first kappa shape index (κ1) is 24.0. The Kier molecular flexibility index (Phi) is 7.41. The summed E-state index contributed by atoms with van der Waals surface area (Å²) in [5.41, 5.74) is 2.75. The van der Waals surface area contributed by atoms with Crippen molar-refractivity contribution in [2.45, 2.75) is 13.5 Å². The third kappa shape index (κ3) is 5.67. The van der Waals surface area contributed by atoms with E-state index in [4.69, 9.17) is 9.47 Å². The van der Waals surface area contributed by atoms with Crippen LogP contribution in [0.5, 0.6) is 11.5 Å². The number of nitrogens with zero attached hydrogens (tertiary/aromatic N) is 3. The Morgan fingerprint density at radius 3 is 2.60 bits per heavy atom. The van der Waals surface area contributed by atoms with Crippen LogP contribution in [0.4, 0.5) is 10.5 Å². The lowest BCUT2D eigenvalue weighted by molar-refractivity contribution is 0.251. The second-order valence-corrected chi connectivity index (χ2v) is 8.53. The van der Waals surface area contributed by atoms with E-state index in [0.29, 0.717) is 22.9 Å². The predicted molar refractivity (Wildman–Crippen MR) is 136 cm³/mol. The number of benzene rings is 2. The molecule has 0 aliphatic carbocycles. The van der Waals surface area contributed by atoms with Crippen LogP contribution in [0.1, 0.15) is 5.69 Å². The SMILES string of the molecule is COc1ccc(OC)c(NC(=O)NCCn2nc(-c3sc(-c4ccccc4)nc3C)ccc2=O)c1. The molecule has 0 radical (unpaired) electrons. The molecule has 0 saturated carbocycles. The molecular formula is C25H25N5O4S. The highest BCUT2D eigenvalue weighted by Gasteiger charge is 2.14. The number of urea groups is 1. The molecule has 0 fully saturated rings. The van der Waals surface area contributed by atoms with E-state index >= 15 is 0 Å². The Morgan fingerprint density at radius 1 is 1.06 bits per heavy atom. The molecule has 0 saturated heterocycles. The molecule has 0 unspecified atom stereocenters. The average molecular weight is 492 g/mol. The number of anilines is 1. The molecule has 4 aromatic rings. The normalized spacial score (nSPS) is 10.6. The standard InChI is InChI=1S/C25H25N5O4S/c1-16-23(35-24(27-16)17-7-5-4-6-8-17)19-10-12-22(31)30(29-19)14-13-26-25(32)28-20-15-18(33-2)9-11-21(20)34-3/h4-12,15H,13-14H2,1-3H3,(H2,26,28,32). The van der Waals surface area contributed by atoms with Gasteiger partial charge in [-0.2, -0.15) is 5.10 Å². The fourth-order valence-corrected chi connectivity index (χ4v) is 4.46. The Morgan fingerprint density at radius 2 is 1.86 bits per heavy atom. The molecule has 0 spiro atoms. The van der Waals surface area contributed by atoms with Crippen molar-refractivity contribution in [1.82, 2.24) is 20.1 Å². The summed E-state index contributed by atoms with van der Waals surface area (Å²) >= 11 is 1.53. The maximum Gasteiger partial charge on any atom is 0.319 e. The molecule has 2 aromatic carbocycles. The Labute approximate surface area is 206 Å². The molecule has 2 N–H and O–H groups in total. The van der Waals surface area contributed by atoms with Crippen molar-refractivity contribution in [2.24, 2.45) is 0 Å². The number of methoxy groups -OCH3 is 2. The van der Waals surface area contributed by atoms with Crippen LogP contribution in [0.15, 0.2) is 65.5 Å². The van der Waals surface area contributed by atoms with E-state index in [-0.39, 0.29) is 18.6 Å². The number of carbonyl (C=O) groups is 1. The Balaban J connectivity index is 1.43. The molecule has 2 amide bonds. The van der Waals surface area contributed by atoms with Crippen molar-refractivity contribution in [3.63, 3.8) is 0 Å². The molecule has 35 heavy (non-hydrogen) atoms. The fourth-order valence-electron chi connectivity index (χ4n) is 3.42. The van der Waals surface area contributed by atoms with E-state index in [1.165, 1.54) is 29.2 Å². The third-order valence-electron chi connectivity index (χ3n) is 5.18. The van der Waals surface area contributed by atoms with Crippen LogP contribution in [-0.2, 0) is 6.54 Å². The number of aromatic nitrogens is 3. The first-order chi connectivity index (χ1) is 17.0. The maximum absolute atomic E-state index is 12.4. The fraction of sp³-hybridized carbons (Fsp3) is 0.200. The summed E-state index contributed by atoms with van der Waals surface area (Å²) in [6, 6.07) is 17.8. The van der Waals surface area contributed by atoms with Crippen LogP contribution in [0.25, 0.3) is 21.1 Å². The zero-order valence-electron chi connectivity index (χ0n) is 19.6. The van der Waals surface area contributed by atoms with Gasteiger partial charge in [0.05, 0.1) is 37.0 Å². The maximum atomic E-state index is 12.4. The third-order valence-corrected chi connectivity index (χ3v) is 6.41. The summed E-state index contributed by atoms with van der Waals surface area (Å²) in [4.78, 5) is 30.3. The van der Waals surface area contributed by atoms with Crippen LogP contribution >= 0.6 is 11.3 Å². The second kappa shape index (κ2) is 10.8. The van der Waals surface area contributed by atoms with Gasteiger partial charge in [0.1, 0.15) is 22.2 Å². The van der Waals surface area contributed by atoms with E-state index in [9.17, 15) is 9.59 Å². The van der Waals surface area contributed by atoms with Crippen LogP contribution < -0.4 is 25.7 Å². The number of nitrogens with one attached hydrogen (secondary N) is 2. The average Bonchev–Trinajstić information content (AvgIpc) is 3.27. The van der Waals surface area contributed by atoms with Crippen LogP contribution in [0.3, 0.4) is 0 Å². The minimum absolute atomic E-state index is 0.200. The van der Waals surface area contributed by atoms with Gasteiger partial charge in [0.2, 0.25) is 0 Å². The number of hydrogen-bond donors (Lipinski definition) is 2. The molecule has 2 aromatic heterocycles. The highest BCUT2D eigenvalue weighted by atomic mass is 32.1. The van der Waals surface area contributed by atoms with Crippen molar-refractivity contribution in [3.8, 4) is 32.6 Å². The molecule has 2 heterocycles. The van der Waals surface area contributed by atoms with Gasteiger partial charge in [-0.1, -0.05) is 30.3 Å². The summed E-state index contributed by atoms with van der Waals surface area (Å²) in [6.07, 6.45) is 0. The summed E-state index contributed by atoms with van der Waals surface area (Å²) in [5, 5.41) is 10.9. The van der Waals surface area contributed by atoms with Crippen LogP contribution in [0, 0.1) is 6.92 Å². The van der Waals surface area contributed by atoms with Gasteiger partial charge in [-0.05, 0) is 25.1 Å². The van der Waals surface area contributed by atoms with Gasteiger partial charge in [-0.3, -0.25) is 4.79 Å². The number of hydrogen-bond acceptors (Lipinski definition) is 7. The zero-order chi connectivity index (χ0) is 24.8. The van der Waals surface area contributed by atoms with Crippen molar-refractivity contribution >= 4 is 23.1 Å². The smallest absolute Gasteiger partial charge is 0.319 e. The first-order valence-corrected chi connectivity index (χ1v) is 11.7. The van der Waals surface area contributed by atoms with Gasteiger partial charge >= 0.3 is 6.03 Å². The molecule has 4 rings (SSSR count). The van der Waals surface area contributed by atoms with Crippen molar-refractivity contribution in [2.75, 3.05) is 26.1 Å². The lowest BCUT2D eigenvalue weighted by Gasteiger charge is -2.13. The highest BCUT2D eigenvalue weighted by Crippen LogP contribution is 2.33. The molecule has 10 heteroatoms. The number of ether oxygens (including phenoxy) is 2. The van der Waals surface area contributed by atoms with E-state index in [1.54, 1.807) is 31.4 Å². The van der Waals surface area contributed by atoms with Crippen LogP contribution in [-0.4, -0.2) is 41.6 Å². The monoisotopic (exact) mass is 491 g/mol. The van der Waals surface area contributed by atoms with Gasteiger partial charge in [0, 0.05) is 24.2 Å². The van der Waals surface area contributed by atoms with E-state index < -0.39 is 6.03 Å². The minimum Gasteiger partial charge on any atom is -0.497 e. The quantitative estimate of drug-likeness (QED) is 0.383. The van der Waals surface area contributed by atoms with Gasteiger partial charge in [-0.15, -0.1) is 11.3 Å². The van der Waals surface area contributed by atoms with Gasteiger partial charge < -0.3 is 20.1 Å². The Bertz CT molecular complexity index is 1380. The van der Waals surface area contributed by atoms with E-state index in [0.717, 1.165) is 21.1 Å². The number of thiazole rings is 1. The van der Waals surface area contributed by atoms with Crippen molar-refractivity contribution in [3.05, 3.63) is 76.7 Å². The van der Waals surface area contributed by atoms with E-state index in [1.807, 2.05) is 37.3 Å². The molecule has 0 aliphatic heterocycles. The molecule has 0 aliphatic rings.